The van der Waals surface area contributed by atoms with Crippen LogP contribution in [0.4, 0.5) is 0 Å². The largest absolute Gasteiger partial charge is 0.472 e. The molecule has 0 rings (SSSR count). The van der Waals surface area contributed by atoms with Gasteiger partial charge in [-0.2, -0.15) is 0 Å². The maximum absolute atomic E-state index is 12.8. The van der Waals surface area contributed by atoms with Crippen molar-refractivity contribution in [3.05, 3.63) is 97.2 Å². The number of esters is 2. The van der Waals surface area contributed by atoms with Crippen LogP contribution in [0.25, 0.3) is 0 Å². The van der Waals surface area contributed by atoms with Crippen molar-refractivity contribution in [3.63, 3.8) is 0 Å². The first-order valence-electron chi connectivity index (χ1n) is 33.0. The van der Waals surface area contributed by atoms with Gasteiger partial charge in [-0.25, -0.2) is 4.57 Å². The summed E-state index contributed by atoms with van der Waals surface area (Å²) < 4.78 is 34.6. The molecule has 0 saturated carbocycles. The van der Waals surface area contributed by atoms with Crippen LogP contribution in [0, 0.1) is 0 Å². The standard InChI is InChI=1S/C70H124NO8P/c1-6-8-10-12-14-16-18-20-22-24-25-26-27-28-29-30-31-32-33-34-35-36-37-38-39-40-41-42-43-44-45-47-49-51-53-55-57-59-61-63-70(73)79-68(67-78-80(74,75)77-65-64-71(3,4)5)66-76-69(72)62-60-58-56-54-52-50-48-46-23-21-19-17-15-13-11-9-7-2/h8,10,14,16,20-23,25-26,28-29,31-32,34-35,68H,6-7,9,11-13,15,17-19,24,27,30,33,36-67H2,1-5H3/p+1/b10-8-,16-14-,22-20-,23-21-,26-25-,29-28-,32-31-,35-34-. The van der Waals surface area contributed by atoms with Crippen LogP contribution in [-0.2, 0) is 32.7 Å². The Labute approximate surface area is 493 Å². The summed E-state index contributed by atoms with van der Waals surface area (Å²) in [7, 11) is 1.48. The average Bonchev–Trinajstić information content (AvgIpc) is 3.42. The summed E-state index contributed by atoms with van der Waals surface area (Å²) in [6, 6.07) is 0. The summed E-state index contributed by atoms with van der Waals surface area (Å²) >= 11 is 0. The van der Waals surface area contributed by atoms with E-state index in [9.17, 15) is 19.0 Å². The highest BCUT2D eigenvalue weighted by Gasteiger charge is 2.27. The zero-order valence-electron chi connectivity index (χ0n) is 52.5. The van der Waals surface area contributed by atoms with E-state index >= 15 is 0 Å². The van der Waals surface area contributed by atoms with E-state index in [4.69, 9.17) is 18.5 Å². The summed E-state index contributed by atoms with van der Waals surface area (Å²) in [5.41, 5.74) is 0. The zero-order chi connectivity index (χ0) is 58.4. The fourth-order valence-electron chi connectivity index (χ4n) is 9.05. The van der Waals surface area contributed by atoms with Crippen LogP contribution in [0.3, 0.4) is 0 Å². The van der Waals surface area contributed by atoms with Crippen molar-refractivity contribution >= 4 is 19.8 Å². The number of nitrogens with zero attached hydrogens (tertiary/aromatic N) is 1. The maximum Gasteiger partial charge on any atom is 0.472 e. The van der Waals surface area contributed by atoms with Crippen molar-refractivity contribution in [1.29, 1.82) is 0 Å². The van der Waals surface area contributed by atoms with E-state index in [0.717, 1.165) is 77.0 Å². The summed E-state index contributed by atoms with van der Waals surface area (Å²) in [4.78, 5) is 35.7. The number of ether oxygens (including phenoxy) is 2. The Kier molecular flexibility index (Phi) is 58.2. The fraction of sp³-hybridized carbons (Fsp3) is 0.743. The highest BCUT2D eigenvalue weighted by atomic mass is 31.2. The van der Waals surface area contributed by atoms with Crippen molar-refractivity contribution in [2.24, 2.45) is 0 Å². The van der Waals surface area contributed by atoms with Gasteiger partial charge in [0, 0.05) is 12.8 Å². The molecule has 0 bridgehead atoms. The minimum atomic E-state index is -4.39. The highest BCUT2D eigenvalue weighted by molar-refractivity contribution is 7.47. The Bertz CT molecular complexity index is 1670. The van der Waals surface area contributed by atoms with Crippen LogP contribution in [0.1, 0.15) is 284 Å². The number of hydrogen-bond acceptors (Lipinski definition) is 7. The Hall–Kier alpha value is -3.07. The number of carbonyl (C=O) groups is 2. The van der Waals surface area contributed by atoms with Gasteiger partial charge < -0.3 is 18.9 Å². The second-order valence-corrected chi connectivity index (χ2v) is 24.6. The first kappa shape index (κ1) is 76.9. The molecule has 2 atom stereocenters. The SMILES string of the molecule is CC/C=C\C/C=C\C/C=C\C/C=C\C/C=C\C/C=C\C/C=C\CCCCCCCCCCCCCCCCCCCC(=O)OC(COC(=O)CCCCCCCCC/C=C\CCCCCCCC)COP(=O)(O)OCC[N+](C)(C)C. The number of carbonyl (C=O) groups excluding carboxylic acids is 2. The minimum absolute atomic E-state index is 0.0295. The van der Waals surface area contributed by atoms with Crippen LogP contribution in [0.15, 0.2) is 97.2 Å². The molecule has 462 valence electrons. The molecule has 0 aliphatic carbocycles. The predicted octanol–water partition coefficient (Wildman–Crippen LogP) is 21.2. The molecule has 1 N–H and O–H groups in total. The van der Waals surface area contributed by atoms with E-state index in [1.807, 2.05) is 21.1 Å². The molecule has 0 saturated heterocycles. The molecule has 0 aliphatic heterocycles. The Morgan fingerprint density at radius 3 is 1.07 bits per heavy atom. The summed E-state index contributed by atoms with van der Waals surface area (Å²) in [6.45, 7) is 4.33. The van der Waals surface area contributed by atoms with Gasteiger partial charge in [0.25, 0.3) is 0 Å². The number of quaternary nitrogens is 1. The van der Waals surface area contributed by atoms with Gasteiger partial charge in [0.2, 0.25) is 0 Å². The number of phosphoric ester groups is 1. The molecule has 0 radical (unpaired) electrons. The lowest BCUT2D eigenvalue weighted by atomic mass is 10.0. The summed E-state index contributed by atoms with van der Waals surface area (Å²) in [5, 5.41) is 0. The van der Waals surface area contributed by atoms with Gasteiger partial charge in [0.05, 0.1) is 27.7 Å². The third-order valence-corrected chi connectivity index (χ3v) is 15.1. The predicted molar refractivity (Wildman–Crippen MR) is 344 cm³/mol. The van der Waals surface area contributed by atoms with Crippen LogP contribution < -0.4 is 0 Å². The van der Waals surface area contributed by atoms with E-state index in [1.165, 1.54) is 173 Å². The monoisotopic (exact) mass is 1140 g/mol. The number of unbranched alkanes of at least 4 members (excludes halogenated alkanes) is 30. The van der Waals surface area contributed by atoms with Gasteiger partial charge in [-0.1, -0.05) is 272 Å². The molecule has 0 heterocycles. The molecule has 0 aromatic carbocycles. The molecule has 0 spiro atoms. The lowest BCUT2D eigenvalue weighted by molar-refractivity contribution is -0.870. The van der Waals surface area contributed by atoms with E-state index < -0.39 is 26.5 Å². The van der Waals surface area contributed by atoms with Crippen molar-refractivity contribution in [2.45, 2.75) is 290 Å². The fourth-order valence-corrected chi connectivity index (χ4v) is 9.79. The molecule has 0 aliphatic rings. The smallest absolute Gasteiger partial charge is 0.462 e. The second-order valence-electron chi connectivity index (χ2n) is 23.1. The molecule has 9 nitrogen and oxygen atoms in total. The molecule has 0 amide bonds. The molecular weight excluding hydrogens is 1010 g/mol. The average molecular weight is 1140 g/mol. The number of likely N-dealkylation sites (N-methyl/N-ethyl adjacent to an activating group) is 1. The lowest BCUT2D eigenvalue weighted by Gasteiger charge is -2.24. The lowest BCUT2D eigenvalue weighted by Crippen LogP contribution is -2.37. The van der Waals surface area contributed by atoms with E-state index in [2.05, 4.69) is 111 Å². The molecule has 2 unspecified atom stereocenters. The number of hydrogen-bond donors (Lipinski definition) is 1. The van der Waals surface area contributed by atoms with Gasteiger partial charge in [-0.15, -0.1) is 0 Å². The summed E-state index contributed by atoms with van der Waals surface area (Å²) in [5.74, 6) is -0.796. The molecule has 80 heavy (non-hydrogen) atoms. The molecular formula is C70H125NO8P+. The molecule has 0 aromatic rings. The van der Waals surface area contributed by atoms with E-state index in [0.29, 0.717) is 17.4 Å². The van der Waals surface area contributed by atoms with Crippen molar-refractivity contribution in [1.82, 2.24) is 0 Å². The number of phosphoric acid groups is 1. The first-order chi connectivity index (χ1) is 39.0. The summed E-state index contributed by atoms with van der Waals surface area (Å²) in [6.07, 6.45) is 83.6. The zero-order valence-corrected chi connectivity index (χ0v) is 53.4. The van der Waals surface area contributed by atoms with Crippen molar-refractivity contribution in [3.8, 4) is 0 Å². The van der Waals surface area contributed by atoms with Gasteiger partial charge >= 0.3 is 19.8 Å². The second kappa shape index (κ2) is 60.5. The Morgan fingerprint density at radius 2 is 0.713 bits per heavy atom. The van der Waals surface area contributed by atoms with Gasteiger partial charge in [0.15, 0.2) is 6.10 Å². The van der Waals surface area contributed by atoms with Crippen molar-refractivity contribution in [2.75, 3.05) is 47.5 Å². The minimum Gasteiger partial charge on any atom is -0.462 e. The van der Waals surface area contributed by atoms with Gasteiger partial charge in [-0.3, -0.25) is 18.6 Å². The Balaban J connectivity index is 4.00. The van der Waals surface area contributed by atoms with Gasteiger partial charge in [-0.05, 0) is 96.3 Å². The van der Waals surface area contributed by atoms with Crippen LogP contribution in [0.2, 0.25) is 0 Å². The normalized spacial score (nSPS) is 13.8. The first-order valence-corrected chi connectivity index (χ1v) is 34.5. The van der Waals surface area contributed by atoms with Crippen LogP contribution in [-0.4, -0.2) is 74.9 Å². The number of rotatable bonds is 60. The van der Waals surface area contributed by atoms with Crippen LogP contribution in [0.5, 0.6) is 0 Å². The van der Waals surface area contributed by atoms with E-state index in [-0.39, 0.29) is 32.0 Å². The molecule has 0 fully saturated rings. The molecule has 10 heteroatoms. The quantitative estimate of drug-likeness (QED) is 0.0211. The van der Waals surface area contributed by atoms with E-state index in [1.54, 1.807) is 0 Å². The van der Waals surface area contributed by atoms with Crippen LogP contribution >= 0.6 is 7.82 Å². The molecule has 0 aromatic heterocycles. The van der Waals surface area contributed by atoms with Crippen molar-refractivity contribution < 1.29 is 42.1 Å². The number of allylic oxidation sites excluding steroid dienone is 16. The maximum atomic E-state index is 12.8. The Morgan fingerprint density at radius 1 is 0.400 bits per heavy atom. The highest BCUT2D eigenvalue weighted by Crippen LogP contribution is 2.43. The topological polar surface area (TPSA) is 108 Å². The van der Waals surface area contributed by atoms with Gasteiger partial charge in [0.1, 0.15) is 19.8 Å². The third kappa shape index (κ3) is 64.1. The third-order valence-electron chi connectivity index (χ3n) is 14.1.